The molecule has 0 unspecified atom stereocenters. The Morgan fingerprint density at radius 2 is 1.44 bits per heavy atom. The first-order chi connectivity index (χ1) is 15.7. The molecule has 0 amide bonds. The van der Waals surface area contributed by atoms with Gasteiger partial charge in [-0.3, -0.25) is 9.69 Å². The largest absolute Gasteiger partial charge is 0.369 e. The minimum Gasteiger partial charge on any atom is -0.369 e. The SMILES string of the molecule is Cc1c(C(=O)CCN2CCN(c3cc(Cl)cc(Cl)c3)CC2)cnn1-c1c(Cl)cc(Cl)cc1Cl.Cl. The van der Waals surface area contributed by atoms with Gasteiger partial charge in [-0.1, -0.05) is 58.0 Å². The van der Waals surface area contributed by atoms with E-state index in [1.54, 1.807) is 29.1 Å². The maximum Gasteiger partial charge on any atom is 0.167 e. The Kier molecular flexibility index (Phi) is 9.43. The highest BCUT2D eigenvalue weighted by Gasteiger charge is 2.22. The van der Waals surface area contributed by atoms with Crippen molar-refractivity contribution in [1.29, 1.82) is 0 Å². The number of hydrogen-bond acceptors (Lipinski definition) is 4. The summed E-state index contributed by atoms with van der Waals surface area (Å²) in [6.45, 7) is 5.90. The zero-order valence-corrected chi connectivity index (χ0v) is 22.8. The lowest BCUT2D eigenvalue weighted by Gasteiger charge is -2.36. The van der Waals surface area contributed by atoms with Crippen molar-refractivity contribution < 1.29 is 4.79 Å². The summed E-state index contributed by atoms with van der Waals surface area (Å²) in [5.41, 5.74) is 2.78. The fraction of sp³-hybridized carbons (Fsp3) is 0.304. The van der Waals surface area contributed by atoms with Crippen LogP contribution in [0.15, 0.2) is 36.5 Å². The van der Waals surface area contributed by atoms with Gasteiger partial charge < -0.3 is 4.90 Å². The lowest BCUT2D eigenvalue weighted by Crippen LogP contribution is -2.46. The van der Waals surface area contributed by atoms with E-state index < -0.39 is 0 Å². The van der Waals surface area contributed by atoms with Gasteiger partial charge in [0.05, 0.1) is 27.5 Å². The van der Waals surface area contributed by atoms with Gasteiger partial charge in [0.15, 0.2) is 5.78 Å². The number of hydrogen-bond donors (Lipinski definition) is 0. The highest BCUT2D eigenvalue weighted by molar-refractivity contribution is 6.40. The van der Waals surface area contributed by atoms with E-state index >= 15 is 0 Å². The molecule has 3 aromatic rings. The molecule has 1 aliphatic rings. The molecule has 0 bridgehead atoms. The zero-order valence-electron chi connectivity index (χ0n) is 18.2. The molecule has 34 heavy (non-hydrogen) atoms. The normalized spacial score (nSPS) is 14.2. The van der Waals surface area contributed by atoms with Crippen LogP contribution in [0, 0.1) is 6.92 Å². The van der Waals surface area contributed by atoms with Crippen molar-refractivity contribution in [3.63, 3.8) is 0 Å². The fourth-order valence-electron chi connectivity index (χ4n) is 3.99. The van der Waals surface area contributed by atoms with Gasteiger partial charge in [-0.15, -0.1) is 12.4 Å². The molecule has 1 saturated heterocycles. The molecule has 11 heteroatoms. The second-order valence-corrected chi connectivity index (χ2v) is 10.0. The molecule has 0 radical (unpaired) electrons. The number of benzene rings is 2. The number of carbonyl (C=O) groups excluding carboxylic acids is 1. The Bertz CT molecular complexity index is 1150. The Morgan fingerprint density at radius 1 is 0.882 bits per heavy atom. The first-order valence-corrected chi connectivity index (χ1v) is 12.3. The van der Waals surface area contributed by atoms with Crippen LogP contribution in [-0.4, -0.2) is 53.2 Å². The Labute approximate surface area is 229 Å². The van der Waals surface area contributed by atoms with Gasteiger partial charge in [0, 0.05) is 59.9 Å². The van der Waals surface area contributed by atoms with Crippen molar-refractivity contribution in [2.45, 2.75) is 13.3 Å². The van der Waals surface area contributed by atoms with E-state index in [0.717, 1.165) is 31.9 Å². The van der Waals surface area contributed by atoms with Crippen molar-refractivity contribution in [2.24, 2.45) is 0 Å². The van der Waals surface area contributed by atoms with E-state index in [0.29, 0.717) is 55.0 Å². The summed E-state index contributed by atoms with van der Waals surface area (Å²) in [5, 5.41) is 6.79. The monoisotopic (exact) mass is 580 g/mol. The maximum atomic E-state index is 12.9. The number of ketones is 1. The molecule has 4 rings (SSSR count). The smallest absolute Gasteiger partial charge is 0.167 e. The highest BCUT2D eigenvalue weighted by atomic mass is 35.5. The molecular formula is C23H22Cl6N4O. The number of Topliss-reactive ketones (excluding diaryl/α,β-unsaturated/α-hetero) is 1. The summed E-state index contributed by atoms with van der Waals surface area (Å²) in [6, 6.07) is 8.78. The summed E-state index contributed by atoms with van der Waals surface area (Å²) in [6.07, 6.45) is 1.97. The predicted molar refractivity (Wildman–Crippen MR) is 145 cm³/mol. The van der Waals surface area contributed by atoms with Crippen molar-refractivity contribution in [2.75, 3.05) is 37.6 Å². The highest BCUT2D eigenvalue weighted by Crippen LogP contribution is 2.33. The first kappa shape index (κ1) is 27.4. The topological polar surface area (TPSA) is 41.4 Å². The second-order valence-electron chi connectivity index (χ2n) is 7.90. The molecule has 1 aliphatic heterocycles. The number of halogens is 6. The van der Waals surface area contributed by atoms with Crippen molar-refractivity contribution in [3.8, 4) is 5.69 Å². The lowest BCUT2D eigenvalue weighted by atomic mass is 10.1. The van der Waals surface area contributed by atoms with Crippen LogP contribution < -0.4 is 4.90 Å². The molecule has 0 spiro atoms. The van der Waals surface area contributed by atoms with E-state index in [-0.39, 0.29) is 18.2 Å². The van der Waals surface area contributed by atoms with Gasteiger partial charge in [-0.05, 0) is 37.3 Å². The fourth-order valence-corrected chi connectivity index (χ4v) is 5.48. The van der Waals surface area contributed by atoms with E-state index in [4.69, 9.17) is 58.0 Å². The van der Waals surface area contributed by atoms with Gasteiger partial charge in [0.1, 0.15) is 5.69 Å². The minimum atomic E-state index is 0. The van der Waals surface area contributed by atoms with Crippen LogP contribution in [0.25, 0.3) is 5.69 Å². The molecule has 0 aliphatic carbocycles. The third kappa shape index (κ3) is 6.14. The maximum absolute atomic E-state index is 12.9. The minimum absolute atomic E-state index is 0. The van der Waals surface area contributed by atoms with E-state index in [1.807, 2.05) is 19.1 Å². The Hall–Kier alpha value is -1.18. The lowest BCUT2D eigenvalue weighted by molar-refractivity contribution is 0.0962. The van der Waals surface area contributed by atoms with Crippen LogP contribution in [0.5, 0.6) is 0 Å². The average molecular weight is 583 g/mol. The quantitative estimate of drug-likeness (QED) is 0.287. The third-order valence-electron chi connectivity index (χ3n) is 5.74. The number of rotatable bonds is 6. The van der Waals surface area contributed by atoms with Crippen LogP contribution in [0.3, 0.4) is 0 Å². The van der Waals surface area contributed by atoms with Gasteiger partial charge >= 0.3 is 0 Å². The summed E-state index contributed by atoms with van der Waals surface area (Å²) in [4.78, 5) is 17.5. The van der Waals surface area contributed by atoms with Crippen LogP contribution in [-0.2, 0) is 0 Å². The second kappa shape index (κ2) is 11.7. The van der Waals surface area contributed by atoms with Crippen LogP contribution in [0.2, 0.25) is 25.1 Å². The van der Waals surface area contributed by atoms with Crippen LogP contribution in [0.1, 0.15) is 22.5 Å². The summed E-state index contributed by atoms with van der Waals surface area (Å²) in [5.74, 6) is 0.0315. The summed E-state index contributed by atoms with van der Waals surface area (Å²) in [7, 11) is 0. The number of carbonyl (C=O) groups is 1. The molecule has 0 atom stereocenters. The number of anilines is 1. The summed E-state index contributed by atoms with van der Waals surface area (Å²) >= 11 is 30.9. The first-order valence-electron chi connectivity index (χ1n) is 10.4. The molecule has 5 nitrogen and oxygen atoms in total. The summed E-state index contributed by atoms with van der Waals surface area (Å²) < 4.78 is 1.59. The van der Waals surface area contributed by atoms with Crippen molar-refractivity contribution >= 4 is 81.9 Å². The molecular weight excluding hydrogens is 561 g/mol. The molecule has 1 fully saturated rings. The van der Waals surface area contributed by atoms with Gasteiger partial charge in [0.25, 0.3) is 0 Å². The predicted octanol–water partition coefficient (Wildman–Crippen LogP) is 7.26. The molecule has 182 valence electrons. The van der Waals surface area contributed by atoms with E-state index in [9.17, 15) is 4.79 Å². The van der Waals surface area contributed by atoms with Crippen molar-refractivity contribution in [3.05, 3.63) is 72.9 Å². The number of piperazine rings is 1. The average Bonchev–Trinajstić information content (AvgIpc) is 3.12. The zero-order chi connectivity index (χ0) is 23.7. The van der Waals surface area contributed by atoms with Gasteiger partial charge in [-0.25, -0.2) is 4.68 Å². The molecule has 2 heterocycles. The van der Waals surface area contributed by atoms with Crippen LogP contribution in [0.4, 0.5) is 5.69 Å². The van der Waals surface area contributed by atoms with Gasteiger partial charge in [-0.2, -0.15) is 5.10 Å². The Balaban J connectivity index is 0.00000324. The molecule has 2 aromatic carbocycles. The molecule has 0 N–H and O–H groups in total. The van der Waals surface area contributed by atoms with E-state index in [2.05, 4.69) is 14.9 Å². The standard InChI is InChI=1S/C23H21Cl5N4O.ClH/c1-14-19(13-29-32(14)23-20(27)11-17(26)12-21(23)28)22(33)2-3-30-4-6-31(7-5-30)18-9-15(24)8-16(25)10-18;/h8-13H,2-7H2,1H3;1H. The number of nitrogens with zero attached hydrogens (tertiary/aromatic N) is 4. The van der Waals surface area contributed by atoms with Crippen molar-refractivity contribution in [1.82, 2.24) is 14.7 Å². The van der Waals surface area contributed by atoms with Crippen LogP contribution >= 0.6 is 70.4 Å². The third-order valence-corrected chi connectivity index (χ3v) is 6.97. The molecule has 0 saturated carbocycles. The number of aromatic nitrogens is 2. The van der Waals surface area contributed by atoms with E-state index in [1.165, 1.54) is 0 Å². The Morgan fingerprint density at radius 3 is 2.03 bits per heavy atom. The van der Waals surface area contributed by atoms with Gasteiger partial charge in [0.2, 0.25) is 0 Å². The molecule has 1 aromatic heterocycles.